The van der Waals surface area contributed by atoms with E-state index >= 15 is 0 Å². The van der Waals surface area contributed by atoms with Crippen molar-refractivity contribution in [3.05, 3.63) is 28.8 Å². The molecule has 0 saturated carbocycles. The second-order valence-electron chi connectivity index (χ2n) is 4.61. The molecule has 4 heteroatoms. The van der Waals surface area contributed by atoms with E-state index in [1.807, 2.05) is 18.2 Å². The summed E-state index contributed by atoms with van der Waals surface area (Å²) in [6.07, 6.45) is 0. The highest BCUT2D eigenvalue weighted by atomic mass is 35.5. The Morgan fingerprint density at radius 2 is 2.11 bits per heavy atom. The molecule has 0 aliphatic heterocycles. The molecule has 0 heterocycles. The van der Waals surface area contributed by atoms with Crippen LogP contribution in [0.15, 0.2) is 18.2 Å². The van der Waals surface area contributed by atoms with E-state index in [0.717, 1.165) is 31.9 Å². The summed E-state index contributed by atoms with van der Waals surface area (Å²) < 4.78 is 10.6. The maximum Gasteiger partial charge on any atom is 0.137 e. The highest BCUT2D eigenvalue weighted by molar-refractivity contribution is 6.32. The van der Waals surface area contributed by atoms with Crippen LogP contribution in [0.1, 0.15) is 19.4 Å². The van der Waals surface area contributed by atoms with Gasteiger partial charge in [-0.25, -0.2) is 0 Å². The maximum absolute atomic E-state index is 6.05. The molecule has 0 radical (unpaired) electrons. The molecular formula is C14H22ClNO2. The number of methoxy groups -OCH3 is 1. The first-order chi connectivity index (χ1) is 8.63. The van der Waals surface area contributed by atoms with E-state index in [4.69, 9.17) is 21.1 Å². The number of hydrogen-bond donors (Lipinski definition) is 1. The van der Waals surface area contributed by atoms with Crippen LogP contribution < -0.4 is 10.1 Å². The number of rotatable bonds is 8. The first-order valence-corrected chi connectivity index (χ1v) is 6.62. The van der Waals surface area contributed by atoms with Crippen LogP contribution in [-0.4, -0.2) is 26.9 Å². The van der Waals surface area contributed by atoms with Crippen LogP contribution in [0.5, 0.6) is 5.75 Å². The summed E-state index contributed by atoms with van der Waals surface area (Å²) in [5.41, 5.74) is 1.14. The normalized spacial score (nSPS) is 10.9. The number of benzene rings is 1. The third-order valence-corrected chi connectivity index (χ3v) is 2.72. The fraction of sp³-hybridized carbons (Fsp3) is 0.571. The maximum atomic E-state index is 6.05. The molecule has 0 aliphatic rings. The van der Waals surface area contributed by atoms with Gasteiger partial charge in [0.15, 0.2) is 0 Å². The van der Waals surface area contributed by atoms with E-state index in [-0.39, 0.29) is 0 Å². The number of halogens is 1. The Kier molecular flexibility index (Phi) is 7.09. The molecule has 18 heavy (non-hydrogen) atoms. The topological polar surface area (TPSA) is 30.5 Å². The average molecular weight is 272 g/mol. The van der Waals surface area contributed by atoms with Crippen LogP contribution in [0, 0.1) is 5.92 Å². The molecule has 1 N–H and O–H groups in total. The molecule has 1 aromatic carbocycles. The average Bonchev–Trinajstić information content (AvgIpc) is 2.33. The molecule has 1 aromatic rings. The lowest BCUT2D eigenvalue weighted by Crippen LogP contribution is -2.20. The van der Waals surface area contributed by atoms with Gasteiger partial charge in [-0.1, -0.05) is 31.5 Å². The summed E-state index contributed by atoms with van der Waals surface area (Å²) in [5.74, 6) is 1.30. The van der Waals surface area contributed by atoms with E-state index in [9.17, 15) is 0 Å². The van der Waals surface area contributed by atoms with Crippen molar-refractivity contribution in [3.63, 3.8) is 0 Å². The van der Waals surface area contributed by atoms with E-state index < -0.39 is 0 Å². The highest BCUT2D eigenvalue weighted by Crippen LogP contribution is 2.24. The number of hydrogen-bond acceptors (Lipinski definition) is 3. The Balaban J connectivity index is 2.21. The Morgan fingerprint density at radius 3 is 2.72 bits per heavy atom. The zero-order valence-corrected chi connectivity index (χ0v) is 12.1. The summed E-state index contributed by atoms with van der Waals surface area (Å²) in [4.78, 5) is 0. The number of ether oxygens (including phenoxy) is 2. The Hall–Kier alpha value is -0.770. The second-order valence-corrected chi connectivity index (χ2v) is 5.02. The van der Waals surface area contributed by atoms with Gasteiger partial charge in [-0.05, 0) is 23.6 Å². The molecule has 0 fully saturated rings. The van der Waals surface area contributed by atoms with Crippen molar-refractivity contribution in [2.45, 2.75) is 20.4 Å². The summed E-state index contributed by atoms with van der Waals surface area (Å²) >= 11 is 6.05. The van der Waals surface area contributed by atoms with Crippen LogP contribution in [0.3, 0.4) is 0 Å². The lowest BCUT2D eigenvalue weighted by Gasteiger charge is -2.09. The van der Waals surface area contributed by atoms with Crippen molar-refractivity contribution in [1.29, 1.82) is 0 Å². The quantitative estimate of drug-likeness (QED) is 0.737. The fourth-order valence-electron chi connectivity index (χ4n) is 1.52. The summed E-state index contributed by atoms with van der Waals surface area (Å²) in [6.45, 7) is 7.47. The van der Waals surface area contributed by atoms with Gasteiger partial charge in [-0.3, -0.25) is 0 Å². The molecule has 0 saturated heterocycles. The van der Waals surface area contributed by atoms with Crippen molar-refractivity contribution < 1.29 is 9.47 Å². The molecule has 0 amide bonds. The van der Waals surface area contributed by atoms with E-state index in [1.54, 1.807) is 7.11 Å². The first-order valence-electron chi connectivity index (χ1n) is 6.24. The van der Waals surface area contributed by atoms with Gasteiger partial charge in [0.25, 0.3) is 0 Å². The lowest BCUT2D eigenvalue weighted by atomic mass is 10.2. The van der Waals surface area contributed by atoms with Crippen molar-refractivity contribution in [2.75, 3.05) is 26.9 Å². The molecule has 102 valence electrons. The third-order valence-electron chi connectivity index (χ3n) is 2.42. The predicted molar refractivity (Wildman–Crippen MR) is 75.4 cm³/mol. The molecular weight excluding hydrogens is 250 g/mol. The highest BCUT2D eigenvalue weighted by Gasteiger charge is 2.01. The summed E-state index contributed by atoms with van der Waals surface area (Å²) in [5, 5.41) is 3.96. The molecule has 0 aliphatic carbocycles. The standard InChI is InChI=1S/C14H22ClNO2/c1-11(2)10-18-7-6-16-9-12-4-5-14(17-3)13(15)8-12/h4-5,8,11,16H,6-7,9-10H2,1-3H3. The Morgan fingerprint density at radius 1 is 1.33 bits per heavy atom. The van der Waals surface area contributed by atoms with Gasteiger partial charge < -0.3 is 14.8 Å². The molecule has 0 bridgehead atoms. The molecule has 0 atom stereocenters. The van der Waals surface area contributed by atoms with E-state index in [0.29, 0.717) is 16.7 Å². The Labute approximate surface area is 114 Å². The minimum Gasteiger partial charge on any atom is -0.495 e. The smallest absolute Gasteiger partial charge is 0.137 e. The van der Waals surface area contributed by atoms with Gasteiger partial charge in [0.1, 0.15) is 5.75 Å². The lowest BCUT2D eigenvalue weighted by molar-refractivity contribution is 0.111. The van der Waals surface area contributed by atoms with Crippen molar-refractivity contribution in [3.8, 4) is 5.75 Å². The van der Waals surface area contributed by atoms with Gasteiger partial charge >= 0.3 is 0 Å². The third kappa shape index (κ3) is 5.71. The minimum absolute atomic E-state index is 0.588. The van der Waals surface area contributed by atoms with Gasteiger partial charge in [0, 0.05) is 19.7 Å². The zero-order valence-electron chi connectivity index (χ0n) is 11.3. The van der Waals surface area contributed by atoms with E-state index in [2.05, 4.69) is 19.2 Å². The Bertz CT molecular complexity index is 356. The molecule has 0 unspecified atom stereocenters. The van der Waals surface area contributed by atoms with Crippen molar-refractivity contribution in [2.24, 2.45) is 5.92 Å². The first kappa shape index (κ1) is 15.3. The van der Waals surface area contributed by atoms with Gasteiger partial charge in [0.2, 0.25) is 0 Å². The van der Waals surface area contributed by atoms with Gasteiger partial charge in [-0.15, -0.1) is 0 Å². The van der Waals surface area contributed by atoms with Gasteiger partial charge in [0.05, 0.1) is 18.7 Å². The predicted octanol–water partition coefficient (Wildman–Crippen LogP) is 3.11. The monoisotopic (exact) mass is 271 g/mol. The van der Waals surface area contributed by atoms with Crippen LogP contribution in [-0.2, 0) is 11.3 Å². The number of nitrogens with one attached hydrogen (secondary N) is 1. The summed E-state index contributed by atoms with van der Waals surface area (Å²) in [6, 6.07) is 5.81. The molecule has 1 rings (SSSR count). The SMILES string of the molecule is COc1ccc(CNCCOCC(C)C)cc1Cl. The minimum atomic E-state index is 0.588. The molecule has 0 spiro atoms. The van der Waals surface area contributed by atoms with Crippen LogP contribution in [0.2, 0.25) is 5.02 Å². The molecule has 3 nitrogen and oxygen atoms in total. The van der Waals surface area contributed by atoms with E-state index in [1.165, 1.54) is 0 Å². The van der Waals surface area contributed by atoms with Gasteiger partial charge in [-0.2, -0.15) is 0 Å². The largest absolute Gasteiger partial charge is 0.495 e. The second kappa shape index (κ2) is 8.35. The van der Waals surface area contributed by atoms with Crippen LogP contribution in [0.25, 0.3) is 0 Å². The fourth-order valence-corrected chi connectivity index (χ4v) is 1.80. The van der Waals surface area contributed by atoms with Crippen molar-refractivity contribution in [1.82, 2.24) is 5.32 Å². The van der Waals surface area contributed by atoms with Crippen LogP contribution in [0.4, 0.5) is 0 Å². The van der Waals surface area contributed by atoms with Crippen LogP contribution >= 0.6 is 11.6 Å². The zero-order chi connectivity index (χ0) is 13.4. The van der Waals surface area contributed by atoms with Crippen molar-refractivity contribution >= 4 is 11.6 Å². The summed E-state index contributed by atoms with van der Waals surface area (Å²) in [7, 11) is 1.62. The molecule has 0 aromatic heterocycles.